The summed E-state index contributed by atoms with van der Waals surface area (Å²) in [6, 6.07) is 7.16. The van der Waals surface area contributed by atoms with E-state index in [2.05, 4.69) is 0 Å². The summed E-state index contributed by atoms with van der Waals surface area (Å²) < 4.78 is 45.4. The van der Waals surface area contributed by atoms with E-state index in [1.54, 1.807) is 6.92 Å². The molecule has 2 heterocycles. The van der Waals surface area contributed by atoms with Crippen molar-refractivity contribution in [2.24, 2.45) is 0 Å². The predicted octanol–water partition coefficient (Wildman–Crippen LogP) is 1.63. The average molecular weight is 473 g/mol. The van der Waals surface area contributed by atoms with Crippen molar-refractivity contribution in [2.75, 3.05) is 19.8 Å². The fourth-order valence-electron chi connectivity index (χ4n) is 4.18. The maximum atomic E-state index is 14.6. The highest BCUT2D eigenvalue weighted by Gasteiger charge is 2.67. The molecule has 2 aromatic rings. The van der Waals surface area contributed by atoms with Crippen LogP contribution >= 0.6 is 11.6 Å². The molecule has 4 rings (SSSR count). The van der Waals surface area contributed by atoms with E-state index in [0.29, 0.717) is 5.56 Å². The maximum absolute atomic E-state index is 14.6. The Kier molecular flexibility index (Phi) is 6.19. The Morgan fingerprint density at radius 2 is 1.84 bits per heavy atom. The van der Waals surface area contributed by atoms with Crippen LogP contribution in [0.2, 0.25) is 5.02 Å². The van der Waals surface area contributed by atoms with Gasteiger partial charge in [-0.25, -0.2) is 4.39 Å². The quantitative estimate of drug-likeness (QED) is 0.506. The van der Waals surface area contributed by atoms with Gasteiger partial charge in [-0.3, -0.25) is 0 Å². The van der Waals surface area contributed by atoms with E-state index in [9.17, 15) is 29.2 Å². The molecule has 2 fully saturated rings. The van der Waals surface area contributed by atoms with Crippen LogP contribution in [0.5, 0.6) is 5.75 Å². The molecule has 2 aromatic carbocycles. The predicted molar refractivity (Wildman–Crippen MR) is 108 cm³/mol. The van der Waals surface area contributed by atoms with Gasteiger partial charge in [0.1, 0.15) is 23.9 Å². The molecule has 5 unspecified atom stereocenters. The molecule has 2 bridgehead atoms. The van der Waals surface area contributed by atoms with Gasteiger partial charge in [0.2, 0.25) is 11.6 Å². The molecule has 0 radical (unpaired) electrons. The number of ether oxygens (including phenoxy) is 3. The summed E-state index contributed by atoms with van der Waals surface area (Å²) in [4.78, 5) is 0. The van der Waals surface area contributed by atoms with Crippen molar-refractivity contribution in [1.82, 2.24) is 0 Å². The minimum atomic E-state index is -1.89. The first-order valence-electron chi connectivity index (χ1n) is 10.1. The summed E-state index contributed by atoms with van der Waals surface area (Å²) in [6.45, 7) is 0.903. The Morgan fingerprint density at radius 1 is 1.09 bits per heavy atom. The smallest absolute Gasteiger partial charge is 0.225 e. The van der Waals surface area contributed by atoms with Crippen LogP contribution in [-0.2, 0) is 21.7 Å². The van der Waals surface area contributed by atoms with E-state index in [4.69, 9.17) is 25.8 Å². The van der Waals surface area contributed by atoms with Crippen molar-refractivity contribution < 1.29 is 43.4 Å². The number of aliphatic hydroxyl groups is 4. The maximum Gasteiger partial charge on any atom is 0.225 e. The van der Waals surface area contributed by atoms with Crippen molar-refractivity contribution in [3.8, 4) is 5.75 Å². The minimum Gasteiger partial charge on any atom is -0.491 e. The molecule has 2 saturated heterocycles. The average Bonchev–Trinajstić information content (AvgIpc) is 3.18. The second-order valence-corrected chi connectivity index (χ2v) is 8.34. The minimum absolute atomic E-state index is 0.0279. The summed E-state index contributed by atoms with van der Waals surface area (Å²) in [5.41, 5.74) is -0.983. The molecule has 0 aliphatic carbocycles. The van der Waals surface area contributed by atoms with E-state index in [1.165, 1.54) is 30.3 Å². The molecular weight excluding hydrogens is 450 g/mol. The molecular formula is C22H23ClF2O7. The summed E-state index contributed by atoms with van der Waals surface area (Å²) in [5, 5.41) is 41.3. The lowest BCUT2D eigenvalue weighted by Gasteiger charge is -2.46. The van der Waals surface area contributed by atoms with Gasteiger partial charge in [0.25, 0.3) is 0 Å². The standard InChI is InChI=1S/C22H23ClF2O7/c1-2-30-15-6-3-11(16(24)17(15)25)7-12-8-13(4-5-14(12)23)22-20(29)18(27)19(28)21(9-26,32-22)10-31-22/h3-6,8,18-20,26-29H,2,7,9-10H2,1H3. The molecule has 4 N–H and O–H groups in total. The van der Waals surface area contributed by atoms with Gasteiger partial charge in [0.05, 0.1) is 19.8 Å². The summed E-state index contributed by atoms with van der Waals surface area (Å²) >= 11 is 6.29. The van der Waals surface area contributed by atoms with Crippen LogP contribution < -0.4 is 4.74 Å². The third-order valence-corrected chi connectivity index (χ3v) is 6.35. The van der Waals surface area contributed by atoms with Crippen LogP contribution in [-0.4, -0.2) is 64.2 Å². The molecule has 5 atom stereocenters. The number of benzene rings is 2. The van der Waals surface area contributed by atoms with Gasteiger partial charge >= 0.3 is 0 Å². The molecule has 0 aromatic heterocycles. The lowest BCUT2D eigenvalue weighted by Crippen LogP contribution is -2.65. The van der Waals surface area contributed by atoms with E-state index in [1.807, 2.05) is 0 Å². The molecule has 174 valence electrons. The van der Waals surface area contributed by atoms with Crippen molar-refractivity contribution in [3.63, 3.8) is 0 Å². The van der Waals surface area contributed by atoms with E-state index in [-0.39, 0.29) is 41.5 Å². The highest BCUT2D eigenvalue weighted by molar-refractivity contribution is 6.31. The number of aliphatic hydroxyl groups excluding tert-OH is 4. The zero-order valence-corrected chi connectivity index (χ0v) is 17.9. The lowest BCUT2D eigenvalue weighted by molar-refractivity contribution is -0.329. The molecule has 0 spiro atoms. The number of halogens is 3. The molecule has 10 heteroatoms. The molecule has 7 nitrogen and oxygen atoms in total. The number of fused-ring (bicyclic) bond motifs is 2. The Labute approximate surface area is 187 Å². The van der Waals surface area contributed by atoms with Gasteiger partial charge in [-0.15, -0.1) is 0 Å². The Hall–Kier alpha value is -1.85. The highest BCUT2D eigenvalue weighted by Crippen LogP contribution is 2.49. The Balaban J connectivity index is 1.71. The van der Waals surface area contributed by atoms with E-state index >= 15 is 0 Å². The number of hydrogen-bond acceptors (Lipinski definition) is 7. The normalized spacial score (nSPS) is 31.7. The van der Waals surface area contributed by atoms with Crippen molar-refractivity contribution in [2.45, 2.75) is 43.0 Å². The van der Waals surface area contributed by atoms with Crippen LogP contribution in [0.25, 0.3) is 0 Å². The molecule has 0 amide bonds. The van der Waals surface area contributed by atoms with Crippen LogP contribution in [0, 0.1) is 11.6 Å². The Morgan fingerprint density at radius 3 is 2.53 bits per heavy atom. The first-order valence-corrected chi connectivity index (χ1v) is 10.4. The molecule has 2 aliphatic rings. The number of hydrogen-bond donors (Lipinski definition) is 4. The zero-order chi connectivity index (χ0) is 23.3. The third kappa shape index (κ3) is 3.49. The highest BCUT2D eigenvalue weighted by atomic mass is 35.5. The lowest BCUT2D eigenvalue weighted by atomic mass is 9.83. The van der Waals surface area contributed by atoms with Gasteiger partial charge in [-0.1, -0.05) is 23.7 Å². The van der Waals surface area contributed by atoms with Gasteiger partial charge in [0.15, 0.2) is 11.6 Å². The summed E-state index contributed by atoms with van der Waals surface area (Å²) in [5.74, 6) is -4.26. The van der Waals surface area contributed by atoms with E-state index < -0.39 is 47.9 Å². The van der Waals surface area contributed by atoms with Gasteiger partial charge in [-0.05, 0) is 36.2 Å². The number of rotatable bonds is 6. The second-order valence-electron chi connectivity index (χ2n) is 7.93. The van der Waals surface area contributed by atoms with Crippen molar-refractivity contribution in [1.29, 1.82) is 0 Å². The molecule has 2 aliphatic heterocycles. The zero-order valence-electron chi connectivity index (χ0n) is 17.1. The van der Waals surface area contributed by atoms with Crippen molar-refractivity contribution in [3.05, 3.63) is 63.7 Å². The van der Waals surface area contributed by atoms with Gasteiger partial charge in [0, 0.05) is 17.0 Å². The van der Waals surface area contributed by atoms with Crippen LogP contribution in [0.15, 0.2) is 30.3 Å². The fraction of sp³-hybridized carbons (Fsp3) is 0.455. The van der Waals surface area contributed by atoms with Gasteiger partial charge in [-0.2, -0.15) is 4.39 Å². The Bertz CT molecular complexity index is 1020. The SMILES string of the molecule is CCOc1ccc(Cc2cc(C34OCC(CO)(O3)C(O)C(O)C4O)ccc2Cl)c(F)c1F. The van der Waals surface area contributed by atoms with Crippen molar-refractivity contribution >= 4 is 11.6 Å². The first kappa shape index (κ1) is 23.3. The second kappa shape index (κ2) is 8.49. The van der Waals surface area contributed by atoms with Crippen LogP contribution in [0.1, 0.15) is 23.6 Å². The van der Waals surface area contributed by atoms with Gasteiger partial charge < -0.3 is 34.6 Å². The molecule has 32 heavy (non-hydrogen) atoms. The first-order chi connectivity index (χ1) is 15.2. The third-order valence-electron chi connectivity index (χ3n) is 5.98. The summed E-state index contributed by atoms with van der Waals surface area (Å²) in [7, 11) is 0. The van der Waals surface area contributed by atoms with Crippen LogP contribution in [0.3, 0.4) is 0 Å². The van der Waals surface area contributed by atoms with Crippen LogP contribution in [0.4, 0.5) is 8.78 Å². The van der Waals surface area contributed by atoms with E-state index in [0.717, 1.165) is 0 Å². The monoisotopic (exact) mass is 472 g/mol. The fourth-order valence-corrected chi connectivity index (χ4v) is 4.37. The largest absolute Gasteiger partial charge is 0.491 e. The summed E-state index contributed by atoms with van der Waals surface area (Å²) in [6.07, 6.45) is -5.01. The molecule has 0 saturated carbocycles. The topological polar surface area (TPSA) is 109 Å².